The fourth-order valence-electron chi connectivity index (χ4n) is 2.02. The quantitative estimate of drug-likeness (QED) is 0.733. The van der Waals surface area contributed by atoms with Crippen molar-refractivity contribution in [2.45, 2.75) is 6.92 Å². The minimum Gasteiger partial charge on any atom is -0.441 e. The highest BCUT2D eigenvalue weighted by atomic mass is 19.2. The van der Waals surface area contributed by atoms with Gasteiger partial charge in [0.15, 0.2) is 28.9 Å². The van der Waals surface area contributed by atoms with Gasteiger partial charge in [-0.25, -0.2) is 18.2 Å². The molecule has 1 heterocycles. The normalized spacial score (nSPS) is 10.9. The van der Waals surface area contributed by atoms with Gasteiger partial charge in [0.05, 0.1) is 5.56 Å². The number of anilines is 1. The van der Waals surface area contributed by atoms with Crippen molar-refractivity contribution >= 4 is 22.7 Å². The van der Waals surface area contributed by atoms with Gasteiger partial charge < -0.3 is 9.73 Å². The second-order valence-corrected chi connectivity index (χ2v) is 4.59. The van der Waals surface area contributed by atoms with E-state index in [9.17, 15) is 18.0 Å². The molecule has 0 atom stereocenters. The van der Waals surface area contributed by atoms with E-state index in [4.69, 9.17) is 4.42 Å². The SMILES string of the molecule is Cc1nc2ccc(NC(=O)c3ccc(F)c(F)c3F)cc2o1. The van der Waals surface area contributed by atoms with Gasteiger partial charge >= 0.3 is 0 Å². The van der Waals surface area contributed by atoms with E-state index >= 15 is 0 Å². The maximum absolute atomic E-state index is 13.6. The van der Waals surface area contributed by atoms with Crippen molar-refractivity contribution in [3.8, 4) is 0 Å². The van der Waals surface area contributed by atoms with Crippen LogP contribution < -0.4 is 5.32 Å². The number of oxazole rings is 1. The molecule has 0 unspecified atom stereocenters. The molecule has 0 aliphatic heterocycles. The Morgan fingerprint density at radius 3 is 2.68 bits per heavy atom. The number of hydrogen-bond acceptors (Lipinski definition) is 3. The zero-order chi connectivity index (χ0) is 15.9. The van der Waals surface area contributed by atoms with Gasteiger partial charge in [-0.2, -0.15) is 0 Å². The lowest BCUT2D eigenvalue weighted by atomic mass is 10.1. The number of nitrogens with zero attached hydrogens (tertiary/aromatic N) is 1. The fraction of sp³-hybridized carbons (Fsp3) is 0.0667. The highest BCUT2D eigenvalue weighted by molar-refractivity contribution is 6.05. The zero-order valence-corrected chi connectivity index (χ0v) is 11.3. The Labute approximate surface area is 122 Å². The molecule has 0 aliphatic carbocycles. The van der Waals surface area contributed by atoms with Crippen LogP contribution in [-0.2, 0) is 0 Å². The monoisotopic (exact) mass is 306 g/mol. The number of nitrogens with one attached hydrogen (secondary N) is 1. The summed E-state index contributed by atoms with van der Waals surface area (Å²) in [5.41, 5.74) is 0.779. The molecule has 1 aromatic heterocycles. The van der Waals surface area contributed by atoms with E-state index in [1.807, 2.05) is 0 Å². The van der Waals surface area contributed by atoms with Gasteiger partial charge in [0, 0.05) is 18.7 Å². The first-order valence-corrected chi connectivity index (χ1v) is 6.28. The summed E-state index contributed by atoms with van der Waals surface area (Å²) in [5, 5.41) is 2.39. The molecule has 112 valence electrons. The first kappa shape index (κ1) is 14.1. The maximum Gasteiger partial charge on any atom is 0.258 e. The van der Waals surface area contributed by atoms with Gasteiger partial charge in [-0.05, 0) is 24.3 Å². The van der Waals surface area contributed by atoms with Crippen molar-refractivity contribution in [3.63, 3.8) is 0 Å². The molecule has 0 saturated carbocycles. The molecule has 1 amide bonds. The van der Waals surface area contributed by atoms with Crippen molar-refractivity contribution in [1.29, 1.82) is 0 Å². The van der Waals surface area contributed by atoms with Crippen molar-refractivity contribution in [2.24, 2.45) is 0 Å². The van der Waals surface area contributed by atoms with Gasteiger partial charge in [0.25, 0.3) is 5.91 Å². The van der Waals surface area contributed by atoms with Crippen LogP contribution in [0, 0.1) is 24.4 Å². The maximum atomic E-state index is 13.6. The zero-order valence-electron chi connectivity index (χ0n) is 11.3. The standard InChI is InChI=1S/C15H9F3N2O2/c1-7-19-11-5-2-8(6-12(11)22-7)20-15(21)9-3-4-10(16)14(18)13(9)17/h2-6H,1H3,(H,20,21). The van der Waals surface area contributed by atoms with Crippen LogP contribution >= 0.6 is 0 Å². The van der Waals surface area contributed by atoms with Crippen LogP contribution in [0.4, 0.5) is 18.9 Å². The third-order valence-corrected chi connectivity index (χ3v) is 3.03. The Bertz CT molecular complexity index is 890. The molecule has 3 aromatic rings. The van der Waals surface area contributed by atoms with Crippen LogP contribution in [0.5, 0.6) is 0 Å². The summed E-state index contributed by atoms with van der Waals surface area (Å²) < 4.78 is 44.9. The Kier molecular flexibility index (Phi) is 3.32. The summed E-state index contributed by atoms with van der Waals surface area (Å²) in [5.74, 6) is -5.01. The van der Waals surface area contributed by atoms with Crippen LogP contribution in [0.1, 0.15) is 16.2 Å². The summed E-state index contributed by atoms with van der Waals surface area (Å²) in [6.07, 6.45) is 0. The molecule has 1 N–H and O–H groups in total. The second kappa shape index (κ2) is 5.18. The number of rotatable bonds is 2. The molecule has 7 heteroatoms. The first-order valence-electron chi connectivity index (χ1n) is 6.28. The number of carbonyl (C=O) groups excluding carboxylic acids is 1. The molecular weight excluding hydrogens is 297 g/mol. The summed E-state index contributed by atoms with van der Waals surface area (Å²) in [6.45, 7) is 1.68. The lowest BCUT2D eigenvalue weighted by Crippen LogP contribution is -2.15. The molecule has 4 nitrogen and oxygen atoms in total. The number of amides is 1. The lowest BCUT2D eigenvalue weighted by Gasteiger charge is -2.06. The first-order chi connectivity index (χ1) is 10.5. The molecule has 0 saturated heterocycles. The predicted molar refractivity (Wildman–Crippen MR) is 73.0 cm³/mol. The van der Waals surface area contributed by atoms with E-state index < -0.39 is 28.9 Å². The topological polar surface area (TPSA) is 55.1 Å². The van der Waals surface area contributed by atoms with Crippen LogP contribution in [-0.4, -0.2) is 10.9 Å². The summed E-state index contributed by atoms with van der Waals surface area (Å²) in [6, 6.07) is 6.23. The average molecular weight is 306 g/mol. The third-order valence-electron chi connectivity index (χ3n) is 3.03. The lowest BCUT2D eigenvalue weighted by molar-refractivity contribution is 0.102. The third kappa shape index (κ3) is 2.41. The number of aryl methyl sites for hydroxylation is 1. The highest BCUT2D eigenvalue weighted by Gasteiger charge is 2.19. The van der Waals surface area contributed by atoms with Crippen molar-refractivity contribution in [2.75, 3.05) is 5.32 Å². The summed E-state index contributed by atoms with van der Waals surface area (Å²) in [7, 11) is 0. The number of halogens is 3. The van der Waals surface area contributed by atoms with E-state index in [-0.39, 0.29) is 0 Å². The van der Waals surface area contributed by atoms with Crippen molar-refractivity contribution in [3.05, 3.63) is 59.2 Å². The fourth-order valence-corrected chi connectivity index (χ4v) is 2.02. The van der Waals surface area contributed by atoms with Crippen LogP contribution in [0.15, 0.2) is 34.7 Å². The van der Waals surface area contributed by atoms with Gasteiger partial charge in [-0.3, -0.25) is 4.79 Å². The number of fused-ring (bicyclic) bond motifs is 1. The number of carbonyl (C=O) groups is 1. The minimum absolute atomic E-state index is 0.317. The minimum atomic E-state index is -1.69. The molecule has 0 aliphatic rings. The number of aromatic nitrogens is 1. The van der Waals surface area contributed by atoms with E-state index in [0.29, 0.717) is 28.7 Å². The number of hydrogen-bond donors (Lipinski definition) is 1. The number of benzene rings is 2. The van der Waals surface area contributed by atoms with Gasteiger partial charge in [-0.15, -0.1) is 0 Å². The van der Waals surface area contributed by atoms with Crippen molar-refractivity contribution in [1.82, 2.24) is 4.98 Å². The average Bonchev–Trinajstić information content (AvgIpc) is 2.84. The van der Waals surface area contributed by atoms with Gasteiger partial charge in [0.1, 0.15) is 5.52 Å². The Morgan fingerprint density at radius 2 is 1.91 bits per heavy atom. The Balaban J connectivity index is 1.91. The molecule has 2 aromatic carbocycles. The second-order valence-electron chi connectivity index (χ2n) is 4.59. The van der Waals surface area contributed by atoms with Crippen LogP contribution in [0.2, 0.25) is 0 Å². The van der Waals surface area contributed by atoms with E-state index in [0.717, 1.165) is 6.07 Å². The Morgan fingerprint density at radius 1 is 1.14 bits per heavy atom. The molecule has 22 heavy (non-hydrogen) atoms. The van der Waals surface area contributed by atoms with Crippen molar-refractivity contribution < 1.29 is 22.4 Å². The summed E-state index contributed by atoms with van der Waals surface area (Å²) >= 11 is 0. The van der Waals surface area contributed by atoms with Crippen LogP contribution in [0.3, 0.4) is 0 Å². The molecule has 0 radical (unpaired) electrons. The molecular formula is C15H9F3N2O2. The van der Waals surface area contributed by atoms with Gasteiger partial charge in [-0.1, -0.05) is 0 Å². The predicted octanol–water partition coefficient (Wildman–Crippen LogP) is 3.81. The van der Waals surface area contributed by atoms with E-state index in [2.05, 4.69) is 10.3 Å². The largest absolute Gasteiger partial charge is 0.441 e. The molecule has 3 rings (SSSR count). The van der Waals surface area contributed by atoms with E-state index in [1.165, 1.54) is 6.07 Å². The molecule has 0 bridgehead atoms. The highest BCUT2D eigenvalue weighted by Crippen LogP contribution is 2.21. The Hall–Kier alpha value is -2.83. The molecule has 0 spiro atoms. The van der Waals surface area contributed by atoms with Gasteiger partial charge in [0.2, 0.25) is 0 Å². The van der Waals surface area contributed by atoms with Crippen LogP contribution in [0.25, 0.3) is 11.1 Å². The molecule has 0 fully saturated rings. The smallest absolute Gasteiger partial charge is 0.258 e. The van der Waals surface area contributed by atoms with E-state index in [1.54, 1.807) is 19.1 Å². The summed E-state index contributed by atoms with van der Waals surface area (Å²) in [4.78, 5) is 16.0.